The van der Waals surface area contributed by atoms with E-state index in [0.717, 1.165) is 44.2 Å². The van der Waals surface area contributed by atoms with Crippen LogP contribution in [0.1, 0.15) is 63.1 Å². The van der Waals surface area contributed by atoms with E-state index in [4.69, 9.17) is 0 Å². The topological polar surface area (TPSA) is 12.0 Å². The molecule has 0 fully saturated rings. The normalized spacial score (nSPS) is 13.4. The van der Waals surface area contributed by atoms with Crippen molar-refractivity contribution in [1.82, 2.24) is 5.32 Å². The molecule has 1 aromatic rings. The van der Waals surface area contributed by atoms with Gasteiger partial charge in [-0.05, 0) is 37.1 Å². The van der Waals surface area contributed by atoms with Gasteiger partial charge in [-0.3, -0.25) is 0 Å². The molecule has 20 heavy (non-hydrogen) atoms. The molecule has 0 bridgehead atoms. The summed E-state index contributed by atoms with van der Waals surface area (Å²) in [5.74, 6) is 0. The Morgan fingerprint density at radius 2 is 1.65 bits per heavy atom. The van der Waals surface area contributed by atoms with Gasteiger partial charge in [-0.25, -0.2) is 0 Å². The lowest BCUT2D eigenvalue weighted by atomic mass is 9.99. The molecule has 0 aromatic heterocycles. The average molecular weight is 287 g/mol. The van der Waals surface area contributed by atoms with Crippen LogP contribution in [0.4, 0.5) is 13.2 Å². The molecule has 0 spiro atoms. The van der Waals surface area contributed by atoms with Crippen LogP contribution in [0.25, 0.3) is 0 Å². The van der Waals surface area contributed by atoms with Crippen LogP contribution in [-0.4, -0.2) is 6.54 Å². The molecular formula is C16H24F3N. The second-order valence-electron chi connectivity index (χ2n) is 5.12. The fourth-order valence-electron chi connectivity index (χ4n) is 2.21. The van der Waals surface area contributed by atoms with Gasteiger partial charge in [0.05, 0.1) is 5.56 Å². The van der Waals surface area contributed by atoms with Crippen molar-refractivity contribution in [3.05, 3.63) is 35.4 Å². The molecule has 0 aliphatic heterocycles. The van der Waals surface area contributed by atoms with Crippen LogP contribution in [0, 0.1) is 0 Å². The van der Waals surface area contributed by atoms with Crippen molar-refractivity contribution in [3.63, 3.8) is 0 Å². The minimum absolute atomic E-state index is 0.156. The van der Waals surface area contributed by atoms with Gasteiger partial charge < -0.3 is 5.32 Å². The molecule has 0 amide bonds. The molecule has 0 aliphatic carbocycles. The highest BCUT2D eigenvalue weighted by Gasteiger charge is 2.30. The molecule has 0 radical (unpaired) electrons. The molecule has 0 heterocycles. The monoisotopic (exact) mass is 287 g/mol. The van der Waals surface area contributed by atoms with Crippen molar-refractivity contribution >= 4 is 0 Å². The third-order valence-corrected chi connectivity index (χ3v) is 3.38. The Bertz CT molecular complexity index is 370. The number of rotatable bonds is 8. The van der Waals surface area contributed by atoms with E-state index in [1.165, 1.54) is 12.1 Å². The summed E-state index contributed by atoms with van der Waals surface area (Å²) in [7, 11) is 0. The summed E-state index contributed by atoms with van der Waals surface area (Å²) < 4.78 is 37.7. The molecule has 4 heteroatoms. The van der Waals surface area contributed by atoms with Gasteiger partial charge in [0.2, 0.25) is 0 Å². The standard InChI is InChI=1S/C16H24F3N/c1-3-5-6-7-15(20-12-4-2)13-8-10-14(11-9-13)16(17,18)19/h8-11,15,20H,3-7,12H2,1-2H3. The average Bonchev–Trinajstić information content (AvgIpc) is 2.42. The highest BCUT2D eigenvalue weighted by Crippen LogP contribution is 2.30. The van der Waals surface area contributed by atoms with Crippen LogP contribution in [0.15, 0.2) is 24.3 Å². The van der Waals surface area contributed by atoms with Crippen molar-refractivity contribution in [1.29, 1.82) is 0 Å². The minimum Gasteiger partial charge on any atom is -0.310 e. The number of benzene rings is 1. The molecule has 1 atom stereocenters. The van der Waals surface area contributed by atoms with Gasteiger partial charge in [0.1, 0.15) is 0 Å². The Hall–Kier alpha value is -1.03. The molecule has 1 unspecified atom stereocenters. The second-order valence-corrected chi connectivity index (χ2v) is 5.12. The van der Waals surface area contributed by atoms with Gasteiger partial charge >= 0.3 is 6.18 Å². The van der Waals surface area contributed by atoms with E-state index in [0.29, 0.717) is 0 Å². The van der Waals surface area contributed by atoms with Gasteiger partial charge in [-0.2, -0.15) is 13.2 Å². The highest BCUT2D eigenvalue weighted by atomic mass is 19.4. The Morgan fingerprint density at radius 3 is 2.15 bits per heavy atom. The summed E-state index contributed by atoms with van der Waals surface area (Å²) >= 11 is 0. The zero-order chi connectivity index (χ0) is 15.0. The number of alkyl halides is 3. The van der Waals surface area contributed by atoms with E-state index in [9.17, 15) is 13.2 Å². The van der Waals surface area contributed by atoms with Crippen molar-refractivity contribution in [3.8, 4) is 0 Å². The van der Waals surface area contributed by atoms with Gasteiger partial charge in [0.15, 0.2) is 0 Å². The Balaban J connectivity index is 2.73. The molecular weight excluding hydrogens is 263 g/mol. The fourth-order valence-corrected chi connectivity index (χ4v) is 2.21. The summed E-state index contributed by atoms with van der Waals surface area (Å²) in [5, 5.41) is 3.42. The molecule has 0 saturated heterocycles. The van der Waals surface area contributed by atoms with E-state index in [2.05, 4.69) is 19.2 Å². The van der Waals surface area contributed by atoms with E-state index < -0.39 is 11.7 Å². The third kappa shape index (κ3) is 5.53. The largest absolute Gasteiger partial charge is 0.416 e. The predicted molar refractivity (Wildman–Crippen MR) is 76.6 cm³/mol. The first kappa shape index (κ1) is 17.0. The first-order valence-electron chi connectivity index (χ1n) is 7.39. The van der Waals surface area contributed by atoms with Crippen LogP contribution in [-0.2, 0) is 6.18 Å². The first-order chi connectivity index (χ1) is 9.49. The maximum absolute atomic E-state index is 12.6. The Morgan fingerprint density at radius 1 is 1.00 bits per heavy atom. The summed E-state index contributed by atoms with van der Waals surface area (Å²) in [6.45, 7) is 5.12. The zero-order valence-corrected chi connectivity index (χ0v) is 12.3. The maximum Gasteiger partial charge on any atom is 0.416 e. The Labute approximate surface area is 119 Å². The number of nitrogens with one attached hydrogen (secondary N) is 1. The van der Waals surface area contributed by atoms with Crippen LogP contribution < -0.4 is 5.32 Å². The SMILES string of the molecule is CCCCCC(NCCC)c1ccc(C(F)(F)F)cc1. The highest BCUT2D eigenvalue weighted by molar-refractivity contribution is 5.26. The van der Waals surface area contributed by atoms with Crippen molar-refractivity contribution < 1.29 is 13.2 Å². The summed E-state index contributed by atoms with van der Waals surface area (Å²) in [5.41, 5.74) is 0.367. The minimum atomic E-state index is -4.26. The molecule has 1 N–H and O–H groups in total. The van der Waals surface area contributed by atoms with Crippen LogP contribution in [0.2, 0.25) is 0 Å². The Kier molecular flexibility index (Phi) is 7.06. The van der Waals surface area contributed by atoms with Crippen molar-refractivity contribution in [2.45, 2.75) is 58.2 Å². The summed E-state index contributed by atoms with van der Waals surface area (Å²) in [4.78, 5) is 0. The number of hydrogen-bond acceptors (Lipinski definition) is 1. The van der Waals surface area contributed by atoms with Crippen molar-refractivity contribution in [2.24, 2.45) is 0 Å². The van der Waals surface area contributed by atoms with Crippen molar-refractivity contribution in [2.75, 3.05) is 6.54 Å². The van der Waals surface area contributed by atoms with Gasteiger partial charge in [-0.1, -0.05) is 45.2 Å². The van der Waals surface area contributed by atoms with E-state index >= 15 is 0 Å². The molecule has 0 aliphatic rings. The van der Waals surface area contributed by atoms with Crippen LogP contribution in [0.5, 0.6) is 0 Å². The molecule has 1 aromatic carbocycles. The molecule has 114 valence electrons. The maximum atomic E-state index is 12.6. The predicted octanol–water partition coefficient (Wildman–Crippen LogP) is 5.33. The molecule has 1 nitrogen and oxygen atoms in total. The van der Waals surface area contributed by atoms with E-state index in [1.54, 1.807) is 12.1 Å². The lowest BCUT2D eigenvalue weighted by Gasteiger charge is -2.19. The lowest BCUT2D eigenvalue weighted by molar-refractivity contribution is -0.137. The van der Waals surface area contributed by atoms with Gasteiger partial charge in [-0.15, -0.1) is 0 Å². The number of unbranched alkanes of at least 4 members (excludes halogenated alkanes) is 2. The van der Waals surface area contributed by atoms with E-state index in [-0.39, 0.29) is 6.04 Å². The van der Waals surface area contributed by atoms with Gasteiger partial charge in [0.25, 0.3) is 0 Å². The number of hydrogen-bond donors (Lipinski definition) is 1. The number of halogens is 3. The summed E-state index contributed by atoms with van der Waals surface area (Å²) in [6, 6.07) is 5.71. The third-order valence-electron chi connectivity index (χ3n) is 3.38. The molecule has 0 saturated carbocycles. The van der Waals surface area contributed by atoms with E-state index in [1.807, 2.05) is 0 Å². The second kappa shape index (κ2) is 8.30. The smallest absolute Gasteiger partial charge is 0.310 e. The van der Waals surface area contributed by atoms with Crippen LogP contribution >= 0.6 is 0 Å². The summed E-state index contributed by atoms with van der Waals surface area (Å²) in [6.07, 6.45) is 1.13. The van der Waals surface area contributed by atoms with Crippen LogP contribution in [0.3, 0.4) is 0 Å². The lowest BCUT2D eigenvalue weighted by Crippen LogP contribution is -2.22. The quantitative estimate of drug-likeness (QED) is 0.637. The van der Waals surface area contributed by atoms with Gasteiger partial charge in [0, 0.05) is 6.04 Å². The fraction of sp³-hybridized carbons (Fsp3) is 0.625. The first-order valence-corrected chi connectivity index (χ1v) is 7.39. The molecule has 1 rings (SSSR count). The zero-order valence-electron chi connectivity index (χ0n) is 12.3.